The number of hydrogen-bond donors (Lipinski definition) is 0. The third-order valence-electron chi connectivity index (χ3n) is 4.43. The molecule has 1 heterocycles. The zero-order valence-electron chi connectivity index (χ0n) is 14.1. The standard InChI is InChI=1S/C18H22N2O3S/c1-19(2)24(21,22)20-13-12-15-16(10-7-11-17(15)23-3)18(20)14-8-5-4-6-9-14/h4-11,18H,12-13H2,1-3H3. The Hall–Kier alpha value is -1.89. The van der Waals surface area contributed by atoms with Crippen LogP contribution in [-0.4, -0.2) is 44.8 Å². The van der Waals surface area contributed by atoms with Gasteiger partial charge in [0.1, 0.15) is 5.75 Å². The molecule has 24 heavy (non-hydrogen) atoms. The van der Waals surface area contributed by atoms with Crippen LogP contribution in [0, 0.1) is 0 Å². The Bertz CT molecular complexity index is 819. The second-order valence-corrected chi connectivity index (χ2v) is 8.09. The second-order valence-electron chi connectivity index (χ2n) is 5.99. The number of rotatable bonds is 4. The van der Waals surface area contributed by atoms with Gasteiger partial charge in [0.15, 0.2) is 0 Å². The van der Waals surface area contributed by atoms with E-state index in [-0.39, 0.29) is 6.04 Å². The molecule has 1 aliphatic rings. The Morgan fingerprint density at radius 2 is 1.79 bits per heavy atom. The molecule has 1 unspecified atom stereocenters. The molecule has 2 aromatic carbocycles. The molecule has 0 N–H and O–H groups in total. The van der Waals surface area contributed by atoms with Gasteiger partial charge < -0.3 is 4.74 Å². The van der Waals surface area contributed by atoms with Crippen LogP contribution in [0.1, 0.15) is 22.7 Å². The van der Waals surface area contributed by atoms with Crippen molar-refractivity contribution >= 4 is 10.2 Å². The normalized spacial score (nSPS) is 18.4. The second kappa shape index (κ2) is 6.55. The molecule has 1 atom stereocenters. The number of ether oxygens (including phenoxy) is 1. The van der Waals surface area contributed by atoms with Crippen LogP contribution in [0.5, 0.6) is 5.75 Å². The van der Waals surface area contributed by atoms with Gasteiger partial charge in [0.05, 0.1) is 13.2 Å². The average Bonchev–Trinajstić information content (AvgIpc) is 2.60. The smallest absolute Gasteiger partial charge is 0.282 e. The minimum absolute atomic E-state index is 0.350. The van der Waals surface area contributed by atoms with Crippen molar-refractivity contribution in [2.45, 2.75) is 12.5 Å². The van der Waals surface area contributed by atoms with E-state index in [1.54, 1.807) is 25.5 Å². The molecule has 5 nitrogen and oxygen atoms in total. The Morgan fingerprint density at radius 3 is 2.42 bits per heavy atom. The minimum Gasteiger partial charge on any atom is -0.496 e. The van der Waals surface area contributed by atoms with Crippen molar-refractivity contribution < 1.29 is 13.2 Å². The summed E-state index contributed by atoms with van der Waals surface area (Å²) < 4.78 is 34.0. The third kappa shape index (κ3) is 2.81. The van der Waals surface area contributed by atoms with Gasteiger partial charge in [0.25, 0.3) is 10.2 Å². The van der Waals surface area contributed by atoms with Crippen molar-refractivity contribution in [3.8, 4) is 5.75 Å². The van der Waals surface area contributed by atoms with E-state index in [2.05, 4.69) is 0 Å². The highest BCUT2D eigenvalue weighted by Crippen LogP contribution is 2.40. The van der Waals surface area contributed by atoms with Crippen molar-refractivity contribution in [1.29, 1.82) is 0 Å². The Balaban J connectivity index is 2.20. The zero-order chi connectivity index (χ0) is 17.3. The lowest BCUT2D eigenvalue weighted by Crippen LogP contribution is -2.46. The van der Waals surface area contributed by atoms with Gasteiger partial charge >= 0.3 is 0 Å². The summed E-state index contributed by atoms with van der Waals surface area (Å²) in [5.41, 5.74) is 3.02. The molecule has 0 saturated carbocycles. The number of fused-ring (bicyclic) bond motifs is 1. The van der Waals surface area contributed by atoms with E-state index >= 15 is 0 Å². The molecule has 3 rings (SSSR count). The molecule has 6 heteroatoms. The molecular formula is C18H22N2O3S. The Morgan fingerprint density at radius 1 is 1.08 bits per heavy atom. The maximum absolute atomic E-state index is 12.9. The SMILES string of the molecule is COc1cccc2c1CCN(S(=O)(=O)N(C)C)C2c1ccccc1. The van der Waals surface area contributed by atoms with Crippen LogP contribution >= 0.6 is 0 Å². The quantitative estimate of drug-likeness (QED) is 0.854. The molecule has 0 aromatic heterocycles. The minimum atomic E-state index is -3.53. The number of benzene rings is 2. The number of methoxy groups -OCH3 is 1. The summed E-state index contributed by atoms with van der Waals surface area (Å²) in [6.07, 6.45) is 0.635. The topological polar surface area (TPSA) is 49.9 Å². The van der Waals surface area contributed by atoms with Gasteiger partial charge in [-0.05, 0) is 23.6 Å². The van der Waals surface area contributed by atoms with Gasteiger partial charge in [-0.15, -0.1) is 0 Å². The van der Waals surface area contributed by atoms with E-state index in [1.165, 1.54) is 4.31 Å². The fraction of sp³-hybridized carbons (Fsp3) is 0.333. The van der Waals surface area contributed by atoms with Crippen LogP contribution in [0.3, 0.4) is 0 Å². The highest BCUT2D eigenvalue weighted by atomic mass is 32.2. The van der Waals surface area contributed by atoms with Crippen LogP contribution in [0.2, 0.25) is 0 Å². The van der Waals surface area contributed by atoms with Crippen LogP contribution in [-0.2, 0) is 16.6 Å². The first-order valence-electron chi connectivity index (χ1n) is 7.87. The van der Waals surface area contributed by atoms with Gasteiger partial charge in [0, 0.05) is 26.2 Å². The van der Waals surface area contributed by atoms with Crippen molar-refractivity contribution in [3.05, 3.63) is 65.2 Å². The van der Waals surface area contributed by atoms with Gasteiger partial charge in [0.2, 0.25) is 0 Å². The maximum atomic E-state index is 12.9. The fourth-order valence-corrected chi connectivity index (χ4v) is 4.49. The summed E-state index contributed by atoms with van der Waals surface area (Å²) in [6, 6.07) is 15.2. The Labute approximate surface area is 143 Å². The van der Waals surface area contributed by atoms with E-state index in [9.17, 15) is 8.42 Å². The monoisotopic (exact) mass is 346 g/mol. The predicted molar refractivity (Wildman–Crippen MR) is 94.3 cm³/mol. The highest BCUT2D eigenvalue weighted by molar-refractivity contribution is 7.86. The molecule has 128 valence electrons. The summed E-state index contributed by atoms with van der Waals surface area (Å²) in [4.78, 5) is 0. The lowest BCUT2D eigenvalue weighted by Gasteiger charge is -2.38. The molecule has 1 aliphatic heterocycles. The van der Waals surface area contributed by atoms with Crippen molar-refractivity contribution in [3.63, 3.8) is 0 Å². The largest absolute Gasteiger partial charge is 0.496 e. The van der Waals surface area contributed by atoms with Crippen molar-refractivity contribution in [2.75, 3.05) is 27.7 Å². The number of hydrogen-bond acceptors (Lipinski definition) is 3. The highest BCUT2D eigenvalue weighted by Gasteiger charge is 2.38. The van der Waals surface area contributed by atoms with E-state index in [4.69, 9.17) is 4.74 Å². The summed E-state index contributed by atoms with van der Waals surface area (Å²) in [5, 5.41) is 0. The summed E-state index contributed by atoms with van der Waals surface area (Å²) in [5.74, 6) is 0.815. The molecule has 0 fully saturated rings. The third-order valence-corrected chi connectivity index (χ3v) is 6.34. The Kier molecular flexibility index (Phi) is 4.62. The van der Waals surface area contributed by atoms with Crippen molar-refractivity contribution in [2.24, 2.45) is 0 Å². The maximum Gasteiger partial charge on any atom is 0.282 e. The number of nitrogens with zero attached hydrogens (tertiary/aromatic N) is 2. The molecule has 0 radical (unpaired) electrons. The first-order valence-corrected chi connectivity index (χ1v) is 9.26. The van der Waals surface area contributed by atoms with Gasteiger partial charge in [-0.25, -0.2) is 0 Å². The summed E-state index contributed by atoms with van der Waals surface area (Å²) >= 11 is 0. The summed E-state index contributed by atoms with van der Waals surface area (Å²) in [7, 11) is 1.25. The molecule has 2 aromatic rings. The first kappa shape index (κ1) is 17.0. The van der Waals surface area contributed by atoms with Crippen LogP contribution < -0.4 is 4.74 Å². The molecule has 0 bridgehead atoms. The zero-order valence-corrected chi connectivity index (χ0v) is 15.0. The lowest BCUT2D eigenvalue weighted by molar-refractivity contribution is 0.313. The molecule has 0 amide bonds. The van der Waals surface area contributed by atoms with Crippen LogP contribution in [0.4, 0.5) is 0 Å². The molecular weight excluding hydrogens is 324 g/mol. The van der Waals surface area contributed by atoms with E-state index < -0.39 is 10.2 Å². The van der Waals surface area contributed by atoms with Crippen molar-refractivity contribution in [1.82, 2.24) is 8.61 Å². The molecule has 0 spiro atoms. The van der Waals surface area contributed by atoms with E-state index in [1.807, 2.05) is 48.5 Å². The molecule has 0 aliphatic carbocycles. The van der Waals surface area contributed by atoms with Crippen LogP contribution in [0.25, 0.3) is 0 Å². The van der Waals surface area contributed by atoms with E-state index in [0.29, 0.717) is 13.0 Å². The average molecular weight is 346 g/mol. The van der Waals surface area contributed by atoms with Gasteiger partial charge in [-0.2, -0.15) is 17.0 Å². The fourth-order valence-electron chi connectivity index (χ4n) is 3.24. The predicted octanol–water partition coefficient (Wildman–Crippen LogP) is 2.45. The molecule has 0 saturated heterocycles. The summed E-state index contributed by atoms with van der Waals surface area (Å²) in [6.45, 7) is 0.424. The van der Waals surface area contributed by atoms with Gasteiger partial charge in [-0.1, -0.05) is 42.5 Å². The van der Waals surface area contributed by atoms with E-state index in [0.717, 1.165) is 22.4 Å². The first-order chi connectivity index (χ1) is 11.5. The van der Waals surface area contributed by atoms with Gasteiger partial charge in [-0.3, -0.25) is 0 Å². The lowest BCUT2D eigenvalue weighted by atomic mass is 9.89. The van der Waals surface area contributed by atoms with Crippen LogP contribution in [0.15, 0.2) is 48.5 Å².